The first kappa shape index (κ1) is 17.8. The van der Waals surface area contributed by atoms with Crippen molar-refractivity contribution in [3.05, 3.63) is 64.7 Å². The Bertz CT molecular complexity index is 697. The van der Waals surface area contributed by atoms with Crippen molar-refractivity contribution in [3.8, 4) is 5.75 Å². The van der Waals surface area contributed by atoms with Crippen LogP contribution >= 0.6 is 11.6 Å². The van der Waals surface area contributed by atoms with Gasteiger partial charge in [0.05, 0.1) is 6.61 Å². The predicted octanol–water partition coefficient (Wildman–Crippen LogP) is 3.45. The van der Waals surface area contributed by atoms with E-state index in [0.29, 0.717) is 34.4 Å². The summed E-state index contributed by atoms with van der Waals surface area (Å²) in [5, 5.41) is 0.537. The van der Waals surface area contributed by atoms with Crippen molar-refractivity contribution in [2.45, 2.75) is 13.8 Å². The van der Waals surface area contributed by atoms with E-state index in [-0.39, 0.29) is 0 Å². The first-order valence-corrected chi connectivity index (χ1v) is 7.92. The van der Waals surface area contributed by atoms with Gasteiger partial charge in [-0.2, -0.15) is 0 Å². The Morgan fingerprint density at radius 2 is 1.38 bits per heavy atom. The van der Waals surface area contributed by atoms with Gasteiger partial charge in [-0.05, 0) is 54.4 Å². The second-order valence-electron chi connectivity index (χ2n) is 5.64. The number of rotatable bonds is 5. The fourth-order valence-corrected chi connectivity index (χ4v) is 1.95. The molecule has 0 radical (unpaired) electrons. The molecule has 2 aromatic rings. The number of hydrogen-bond acceptors (Lipinski definition) is 3. The van der Waals surface area contributed by atoms with Gasteiger partial charge in [-0.25, -0.2) is 0 Å². The summed E-state index contributed by atoms with van der Waals surface area (Å²) < 4.78 is 5.56. The third-order valence-corrected chi connectivity index (χ3v) is 3.35. The highest BCUT2D eigenvalue weighted by molar-refractivity contribution is 6.30. The van der Waals surface area contributed by atoms with Gasteiger partial charge >= 0.3 is 0 Å². The van der Waals surface area contributed by atoms with Gasteiger partial charge in [0.2, 0.25) is 0 Å². The molecule has 0 saturated carbocycles. The number of ether oxygens (including phenoxy) is 1. The van der Waals surface area contributed by atoms with Gasteiger partial charge in [0, 0.05) is 16.1 Å². The summed E-state index contributed by atoms with van der Waals surface area (Å²) in [6.07, 6.45) is 0. The zero-order chi connectivity index (χ0) is 17.5. The molecule has 0 bridgehead atoms. The summed E-state index contributed by atoms with van der Waals surface area (Å²) in [5.41, 5.74) is 5.55. The predicted molar refractivity (Wildman–Crippen MR) is 93.2 cm³/mol. The van der Waals surface area contributed by atoms with Crippen molar-refractivity contribution in [1.29, 1.82) is 0 Å². The van der Waals surface area contributed by atoms with Crippen LogP contribution in [0.15, 0.2) is 48.5 Å². The summed E-state index contributed by atoms with van der Waals surface area (Å²) in [7, 11) is 0. The Labute approximate surface area is 145 Å². The van der Waals surface area contributed by atoms with Crippen LogP contribution in [0.5, 0.6) is 5.75 Å². The first-order valence-electron chi connectivity index (χ1n) is 7.55. The molecule has 0 spiro atoms. The van der Waals surface area contributed by atoms with Gasteiger partial charge in [-0.1, -0.05) is 25.4 Å². The van der Waals surface area contributed by atoms with Crippen LogP contribution in [0.3, 0.4) is 0 Å². The summed E-state index contributed by atoms with van der Waals surface area (Å²) in [6, 6.07) is 13.1. The highest BCUT2D eigenvalue weighted by Crippen LogP contribution is 2.13. The Kier molecular flexibility index (Phi) is 6.21. The number of nitrogens with one attached hydrogen (secondary N) is 2. The smallest absolute Gasteiger partial charge is 0.269 e. The Balaban J connectivity index is 1.87. The number of amides is 2. The summed E-state index contributed by atoms with van der Waals surface area (Å²) in [5.74, 6) is 0.297. The molecule has 0 saturated heterocycles. The summed E-state index contributed by atoms with van der Waals surface area (Å²) in [6.45, 7) is 4.74. The third-order valence-electron chi connectivity index (χ3n) is 3.10. The van der Waals surface area contributed by atoms with Crippen molar-refractivity contribution in [2.75, 3.05) is 6.61 Å². The zero-order valence-corrected chi connectivity index (χ0v) is 14.3. The lowest BCUT2D eigenvalue weighted by molar-refractivity contribution is 0.0846. The molecule has 24 heavy (non-hydrogen) atoms. The van der Waals surface area contributed by atoms with Gasteiger partial charge in [-0.3, -0.25) is 20.4 Å². The average Bonchev–Trinajstić information content (AvgIpc) is 2.58. The van der Waals surface area contributed by atoms with Gasteiger partial charge < -0.3 is 4.74 Å². The van der Waals surface area contributed by atoms with Crippen molar-refractivity contribution < 1.29 is 14.3 Å². The molecule has 0 unspecified atom stereocenters. The molecule has 126 valence electrons. The molecule has 2 rings (SSSR count). The van der Waals surface area contributed by atoms with Crippen molar-refractivity contribution in [1.82, 2.24) is 10.9 Å². The minimum atomic E-state index is -0.420. The summed E-state index contributed by atoms with van der Waals surface area (Å²) >= 11 is 5.76. The van der Waals surface area contributed by atoms with Crippen LogP contribution in [0, 0.1) is 5.92 Å². The molecule has 0 aliphatic carbocycles. The van der Waals surface area contributed by atoms with Gasteiger partial charge in [0.25, 0.3) is 11.8 Å². The Morgan fingerprint density at radius 1 is 0.917 bits per heavy atom. The van der Waals surface area contributed by atoms with E-state index in [1.807, 2.05) is 0 Å². The van der Waals surface area contributed by atoms with E-state index in [1.54, 1.807) is 48.5 Å². The molecule has 0 aliphatic rings. The molecule has 2 aromatic carbocycles. The highest BCUT2D eigenvalue weighted by Gasteiger charge is 2.09. The lowest BCUT2D eigenvalue weighted by atomic mass is 10.2. The number of hydrogen-bond donors (Lipinski definition) is 2. The molecule has 2 amide bonds. The van der Waals surface area contributed by atoms with Crippen LogP contribution in [0.25, 0.3) is 0 Å². The largest absolute Gasteiger partial charge is 0.493 e. The van der Waals surface area contributed by atoms with Gasteiger partial charge in [-0.15, -0.1) is 0 Å². The molecular weight excluding hydrogens is 328 g/mol. The Morgan fingerprint density at radius 3 is 1.83 bits per heavy atom. The SMILES string of the molecule is CC(C)COc1ccc(C(=O)NNC(=O)c2ccc(Cl)cc2)cc1. The van der Waals surface area contributed by atoms with E-state index in [4.69, 9.17) is 16.3 Å². The van der Waals surface area contributed by atoms with Gasteiger partial charge in [0.15, 0.2) is 0 Å². The fraction of sp³-hybridized carbons (Fsp3) is 0.222. The molecule has 0 aromatic heterocycles. The quantitative estimate of drug-likeness (QED) is 0.815. The maximum absolute atomic E-state index is 12.0. The third kappa shape index (κ3) is 5.28. The second-order valence-corrected chi connectivity index (χ2v) is 6.08. The lowest BCUT2D eigenvalue weighted by Gasteiger charge is -2.10. The molecule has 0 atom stereocenters. The Hall–Kier alpha value is -2.53. The van der Waals surface area contributed by atoms with E-state index in [2.05, 4.69) is 24.7 Å². The lowest BCUT2D eigenvalue weighted by Crippen LogP contribution is -2.41. The molecule has 6 heteroatoms. The number of carbonyl (C=O) groups is 2. The van der Waals surface area contributed by atoms with Crippen LogP contribution < -0.4 is 15.6 Å². The normalized spacial score (nSPS) is 10.3. The maximum Gasteiger partial charge on any atom is 0.269 e. The van der Waals surface area contributed by atoms with Crippen LogP contribution in [0.2, 0.25) is 5.02 Å². The monoisotopic (exact) mass is 346 g/mol. The van der Waals surface area contributed by atoms with Crippen LogP contribution in [0.1, 0.15) is 34.6 Å². The van der Waals surface area contributed by atoms with Crippen molar-refractivity contribution in [3.63, 3.8) is 0 Å². The average molecular weight is 347 g/mol. The van der Waals surface area contributed by atoms with Crippen LogP contribution in [-0.2, 0) is 0 Å². The molecule has 0 heterocycles. The second kappa shape index (κ2) is 8.36. The van der Waals surface area contributed by atoms with Gasteiger partial charge in [0.1, 0.15) is 5.75 Å². The number of carbonyl (C=O) groups excluding carboxylic acids is 2. The van der Waals surface area contributed by atoms with Crippen molar-refractivity contribution in [2.24, 2.45) is 5.92 Å². The number of benzene rings is 2. The number of hydrazine groups is 1. The number of halogens is 1. The summed E-state index contributed by atoms with van der Waals surface area (Å²) in [4.78, 5) is 23.9. The minimum absolute atomic E-state index is 0.400. The minimum Gasteiger partial charge on any atom is -0.493 e. The van der Waals surface area contributed by atoms with E-state index >= 15 is 0 Å². The molecule has 5 nitrogen and oxygen atoms in total. The molecular formula is C18H19ClN2O3. The van der Waals surface area contributed by atoms with Crippen LogP contribution in [-0.4, -0.2) is 18.4 Å². The van der Waals surface area contributed by atoms with E-state index in [0.717, 1.165) is 0 Å². The topological polar surface area (TPSA) is 67.4 Å². The molecule has 0 fully saturated rings. The standard InChI is InChI=1S/C18H19ClN2O3/c1-12(2)11-24-16-9-5-14(6-10-16)18(23)21-20-17(22)13-3-7-15(19)8-4-13/h3-10,12H,11H2,1-2H3,(H,20,22)(H,21,23). The van der Waals surface area contributed by atoms with E-state index in [1.165, 1.54) is 0 Å². The van der Waals surface area contributed by atoms with Crippen LogP contribution in [0.4, 0.5) is 0 Å². The zero-order valence-electron chi connectivity index (χ0n) is 13.5. The first-order chi connectivity index (χ1) is 11.5. The molecule has 0 aliphatic heterocycles. The van der Waals surface area contributed by atoms with E-state index < -0.39 is 11.8 Å². The van der Waals surface area contributed by atoms with E-state index in [9.17, 15) is 9.59 Å². The molecule has 2 N–H and O–H groups in total. The fourth-order valence-electron chi connectivity index (χ4n) is 1.82. The van der Waals surface area contributed by atoms with Crippen molar-refractivity contribution >= 4 is 23.4 Å². The highest BCUT2D eigenvalue weighted by atomic mass is 35.5. The maximum atomic E-state index is 12.0.